The molecule has 16 heavy (non-hydrogen) atoms. The van der Waals surface area contributed by atoms with Crippen molar-refractivity contribution in [3.63, 3.8) is 0 Å². The normalized spacial score (nSPS) is 10.3. The zero-order valence-electron chi connectivity index (χ0n) is 8.11. The summed E-state index contributed by atoms with van der Waals surface area (Å²) in [4.78, 5) is 21.5. The quantitative estimate of drug-likeness (QED) is 0.853. The number of nitrogens with zero attached hydrogens (tertiary/aromatic N) is 3. The number of nitrogens with one attached hydrogen (secondary N) is 2. The van der Waals surface area contributed by atoms with Gasteiger partial charge in [0.2, 0.25) is 5.89 Å². The van der Waals surface area contributed by atoms with E-state index >= 15 is 0 Å². The molecule has 8 heteroatoms. The van der Waals surface area contributed by atoms with Crippen LogP contribution in [0.4, 0.5) is 5.82 Å². The highest BCUT2D eigenvalue weighted by Crippen LogP contribution is 2.12. The van der Waals surface area contributed by atoms with E-state index in [9.17, 15) is 4.79 Å². The highest BCUT2D eigenvalue weighted by atomic mass is 79.9. The summed E-state index contributed by atoms with van der Waals surface area (Å²) < 4.78 is 5.20. The Labute approximate surface area is 98.4 Å². The van der Waals surface area contributed by atoms with Gasteiger partial charge in [-0.3, -0.25) is 4.79 Å². The molecule has 0 aliphatic rings. The Bertz CT molecular complexity index is 509. The summed E-state index contributed by atoms with van der Waals surface area (Å²) in [6, 6.07) is 0. The van der Waals surface area contributed by atoms with Crippen molar-refractivity contribution in [3.8, 4) is 0 Å². The molecule has 84 valence electrons. The van der Waals surface area contributed by atoms with E-state index in [4.69, 9.17) is 4.52 Å². The van der Waals surface area contributed by atoms with E-state index in [1.807, 2.05) is 0 Å². The predicted octanol–water partition coefficient (Wildman–Crippen LogP) is 0.570. The Morgan fingerprint density at radius 3 is 3.12 bits per heavy atom. The zero-order valence-corrected chi connectivity index (χ0v) is 9.69. The molecule has 2 aromatic heterocycles. The monoisotopic (exact) mass is 285 g/mol. The second kappa shape index (κ2) is 4.88. The molecule has 0 fully saturated rings. The van der Waals surface area contributed by atoms with E-state index in [-0.39, 0.29) is 5.56 Å². The molecule has 2 N–H and O–H groups in total. The molecular formula is C8H8BrN5O2. The van der Waals surface area contributed by atoms with E-state index in [1.165, 1.54) is 12.7 Å². The van der Waals surface area contributed by atoms with Crippen molar-refractivity contribution < 1.29 is 4.52 Å². The van der Waals surface area contributed by atoms with Gasteiger partial charge in [0.05, 0.1) is 6.33 Å². The van der Waals surface area contributed by atoms with Crippen LogP contribution in [-0.2, 0) is 6.42 Å². The van der Waals surface area contributed by atoms with Gasteiger partial charge in [0.25, 0.3) is 5.56 Å². The van der Waals surface area contributed by atoms with E-state index in [0.29, 0.717) is 29.1 Å². The lowest BCUT2D eigenvalue weighted by atomic mass is 10.4. The van der Waals surface area contributed by atoms with Crippen molar-refractivity contribution in [2.24, 2.45) is 0 Å². The van der Waals surface area contributed by atoms with Crippen LogP contribution >= 0.6 is 15.9 Å². The number of hydrogen-bond donors (Lipinski definition) is 2. The van der Waals surface area contributed by atoms with Gasteiger partial charge in [0.15, 0.2) is 6.33 Å². The minimum absolute atomic E-state index is 0.227. The molecule has 0 aliphatic heterocycles. The second-order valence-corrected chi connectivity index (χ2v) is 3.70. The second-order valence-electron chi connectivity index (χ2n) is 2.91. The highest BCUT2D eigenvalue weighted by molar-refractivity contribution is 9.10. The van der Waals surface area contributed by atoms with Crippen LogP contribution in [0, 0.1) is 0 Å². The molecule has 0 spiro atoms. The maximum Gasteiger partial charge on any atom is 0.267 e. The van der Waals surface area contributed by atoms with Gasteiger partial charge in [-0.05, 0) is 15.9 Å². The maximum absolute atomic E-state index is 11.2. The standard InChI is InChI=1S/C8H8BrN5O2/c9-6-7(12-3-13-8(6)15)10-2-1-5-11-4-14-16-5/h3-4H,1-2H2,(H2,10,12,13,15). The van der Waals surface area contributed by atoms with Gasteiger partial charge < -0.3 is 14.8 Å². The Hall–Kier alpha value is -1.70. The number of aromatic nitrogens is 4. The number of hydrogen-bond acceptors (Lipinski definition) is 6. The molecule has 0 aliphatic carbocycles. The van der Waals surface area contributed by atoms with Gasteiger partial charge in [0, 0.05) is 13.0 Å². The lowest BCUT2D eigenvalue weighted by Crippen LogP contribution is -2.13. The first kappa shape index (κ1) is 10.8. The molecule has 2 rings (SSSR count). The van der Waals surface area contributed by atoms with Crippen molar-refractivity contribution in [3.05, 3.63) is 33.4 Å². The topological polar surface area (TPSA) is 96.7 Å². The molecule has 0 unspecified atom stereocenters. The molecule has 0 saturated carbocycles. The van der Waals surface area contributed by atoms with Crippen molar-refractivity contribution in [2.45, 2.75) is 6.42 Å². The number of H-pyrrole nitrogens is 1. The third-order valence-electron chi connectivity index (χ3n) is 1.83. The maximum atomic E-state index is 11.2. The summed E-state index contributed by atoms with van der Waals surface area (Å²) >= 11 is 3.14. The van der Waals surface area contributed by atoms with Gasteiger partial charge in [-0.2, -0.15) is 4.98 Å². The molecule has 0 atom stereocenters. The first-order valence-corrected chi connectivity index (χ1v) is 5.29. The van der Waals surface area contributed by atoms with Crippen LogP contribution in [0.3, 0.4) is 0 Å². The molecule has 0 radical (unpaired) electrons. The van der Waals surface area contributed by atoms with Gasteiger partial charge in [0.1, 0.15) is 10.3 Å². The SMILES string of the molecule is O=c1[nH]cnc(NCCc2ncno2)c1Br. The van der Waals surface area contributed by atoms with Crippen molar-refractivity contribution in [1.29, 1.82) is 0 Å². The van der Waals surface area contributed by atoms with Crippen LogP contribution in [0.2, 0.25) is 0 Å². The lowest BCUT2D eigenvalue weighted by Gasteiger charge is -2.04. The molecule has 0 bridgehead atoms. The summed E-state index contributed by atoms with van der Waals surface area (Å²) in [6.45, 7) is 0.553. The molecular weight excluding hydrogens is 278 g/mol. The Morgan fingerprint density at radius 2 is 2.38 bits per heavy atom. The van der Waals surface area contributed by atoms with Gasteiger partial charge >= 0.3 is 0 Å². The fourth-order valence-corrected chi connectivity index (χ4v) is 1.46. The predicted molar refractivity (Wildman–Crippen MR) is 59.0 cm³/mol. The fourth-order valence-electron chi connectivity index (χ4n) is 1.10. The Morgan fingerprint density at radius 1 is 1.50 bits per heavy atom. The molecule has 0 amide bonds. The van der Waals surface area contributed by atoms with Crippen molar-refractivity contribution in [1.82, 2.24) is 20.1 Å². The number of halogens is 1. The lowest BCUT2D eigenvalue weighted by molar-refractivity contribution is 0.379. The van der Waals surface area contributed by atoms with Gasteiger partial charge in [-0.1, -0.05) is 5.16 Å². The third-order valence-corrected chi connectivity index (χ3v) is 2.57. The van der Waals surface area contributed by atoms with Crippen LogP contribution in [0.15, 0.2) is 26.4 Å². The Balaban J connectivity index is 1.95. The van der Waals surface area contributed by atoms with Gasteiger partial charge in [-0.15, -0.1) is 0 Å². The van der Waals surface area contributed by atoms with E-state index in [0.717, 1.165) is 0 Å². The van der Waals surface area contributed by atoms with Crippen LogP contribution in [0.25, 0.3) is 0 Å². The van der Waals surface area contributed by atoms with Crippen LogP contribution in [0.5, 0.6) is 0 Å². The summed E-state index contributed by atoms with van der Waals surface area (Å²) in [5.74, 6) is 1.02. The van der Waals surface area contributed by atoms with Gasteiger partial charge in [-0.25, -0.2) is 4.98 Å². The minimum atomic E-state index is -0.227. The van der Waals surface area contributed by atoms with Crippen molar-refractivity contribution >= 4 is 21.7 Å². The van der Waals surface area contributed by atoms with Crippen LogP contribution < -0.4 is 10.9 Å². The van der Waals surface area contributed by atoms with Crippen LogP contribution in [-0.4, -0.2) is 26.7 Å². The third kappa shape index (κ3) is 2.45. The summed E-state index contributed by atoms with van der Waals surface area (Å²) in [7, 11) is 0. The molecule has 0 aromatic carbocycles. The molecule has 7 nitrogen and oxygen atoms in total. The summed E-state index contributed by atoms with van der Waals surface area (Å²) in [5.41, 5.74) is -0.227. The van der Waals surface area contributed by atoms with E-state index in [1.54, 1.807) is 0 Å². The molecule has 2 aromatic rings. The first-order chi connectivity index (χ1) is 7.77. The molecule has 0 saturated heterocycles. The minimum Gasteiger partial charge on any atom is -0.368 e. The number of anilines is 1. The average molecular weight is 286 g/mol. The van der Waals surface area contributed by atoms with E-state index < -0.39 is 0 Å². The van der Waals surface area contributed by atoms with Crippen LogP contribution in [0.1, 0.15) is 5.89 Å². The first-order valence-electron chi connectivity index (χ1n) is 4.50. The average Bonchev–Trinajstić information content (AvgIpc) is 2.77. The number of aromatic amines is 1. The summed E-state index contributed by atoms with van der Waals surface area (Å²) in [5, 5.41) is 6.47. The summed E-state index contributed by atoms with van der Waals surface area (Å²) in [6.07, 6.45) is 3.25. The zero-order chi connectivity index (χ0) is 11.4. The highest BCUT2D eigenvalue weighted by Gasteiger charge is 2.05. The fraction of sp³-hybridized carbons (Fsp3) is 0.250. The smallest absolute Gasteiger partial charge is 0.267 e. The van der Waals surface area contributed by atoms with E-state index in [2.05, 4.69) is 41.4 Å². The largest absolute Gasteiger partial charge is 0.368 e. The molecule has 2 heterocycles. The van der Waals surface area contributed by atoms with Crippen molar-refractivity contribution in [2.75, 3.05) is 11.9 Å². The number of rotatable bonds is 4. The Kier molecular flexibility index (Phi) is 3.30.